The Morgan fingerprint density at radius 3 is 2.24 bits per heavy atom. The van der Waals surface area contributed by atoms with Gasteiger partial charge in [-0.1, -0.05) is 30.3 Å². The number of nitrogens with one attached hydrogen (secondary N) is 1. The van der Waals surface area contributed by atoms with Crippen LogP contribution >= 0.6 is 0 Å². The van der Waals surface area contributed by atoms with Crippen molar-refractivity contribution in [3.63, 3.8) is 0 Å². The summed E-state index contributed by atoms with van der Waals surface area (Å²) in [7, 11) is -8.29. The molecule has 4 rings (SSSR count). The molecule has 1 aliphatic rings. The number of hydrogen-bond donors (Lipinski definition) is 1. The van der Waals surface area contributed by atoms with Crippen molar-refractivity contribution in [1.29, 1.82) is 0 Å². The number of hydrogen-bond acceptors (Lipinski definition) is 6. The minimum absolute atomic E-state index is 0.0574. The fourth-order valence-electron chi connectivity index (χ4n) is 3.25. The molecule has 0 saturated carbocycles. The third kappa shape index (κ3) is 5.17. The van der Waals surface area contributed by atoms with Gasteiger partial charge in [-0.05, 0) is 42.5 Å². The van der Waals surface area contributed by atoms with E-state index in [0.29, 0.717) is 5.75 Å². The van der Waals surface area contributed by atoms with E-state index in [0.717, 1.165) is 12.1 Å². The van der Waals surface area contributed by atoms with E-state index in [1.807, 2.05) is 0 Å². The first kappa shape index (κ1) is 23.2. The van der Waals surface area contributed by atoms with Gasteiger partial charge in [0.15, 0.2) is 5.75 Å². The van der Waals surface area contributed by atoms with Crippen LogP contribution in [0.5, 0.6) is 11.5 Å². The zero-order valence-corrected chi connectivity index (χ0v) is 19.0. The van der Waals surface area contributed by atoms with Crippen molar-refractivity contribution in [3.8, 4) is 11.5 Å². The molecule has 33 heavy (non-hydrogen) atoms. The largest absolute Gasteiger partial charge is 0.455 e. The van der Waals surface area contributed by atoms with Crippen molar-refractivity contribution in [2.45, 2.75) is 9.79 Å². The Labute approximate surface area is 191 Å². The van der Waals surface area contributed by atoms with Crippen molar-refractivity contribution < 1.29 is 30.7 Å². The molecule has 0 amide bonds. The molecule has 0 radical (unpaired) electrons. The second kappa shape index (κ2) is 9.48. The van der Waals surface area contributed by atoms with Crippen LogP contribution < -0.4 is 9.46 Å². The van der Waals surface area contributed by atoms with Gasteiger partial charge >= 0.3 is 0 Å². The summed E-state index contributed by atoms with van der Waals surface area (Å²) in [4.78, 5) is -0.701. The molecular weight excluding hydrogens is 471 g/mol. The summed E-state index contributed by atoms with van der Waals surface area (Å²) in [5, 5.41) is 0. The average Bonchev–Trinajstić information content (AvgIpc) is 2.81. The summed E-state index contributed by atoms with van der Waals surface area (Å²) < 4.78 is 80.7. The summed E-state index contributed by atoms with van der Waals surface area (Å²) in [5.41, 5.74) is -0.142. The Balaban J connectivity index is 1.76. The van der Waals surface area contributed by atoms with Crippen LogP contribution in [0.4, 0.5) is 10.1 Å². The first-order valence-corrected chi connectivity index (χ1v) is 12.9. The van der Waals surface area contributed by atoms with Crippen molar-refractivity contribution in [2.75, 3.05) is 31.0 Å². The fourth-order valence-corrected chi connectivity index (χ4v) is 5.83. The van der Waals surface area contributed by atoms with Crippen LogP contribution in [0.1, 0.15) is 0 Å². The second-order valence-corrected chi connectivity index (χ2v) is 10.7. The second-order valence-electron chi connectivity index (χ2n) is 7.13. The van der Waals surface area contributed by atoms with Crippen LogP contribution in [-0.2, 0) is 24.8 Å². The minimum atomic E-state index is -4.38. The van der Waals surface area contributed by atoms with Crippen LogP contribution in [0.15, 0.2) is 82.6 Å². The van der Waals surface area contributed by atoms with Gasteiger partial charge in [-0.15, -0.1) is 0 Å². The summed E-state index contributed by atoms with van der Waals surface area (Å²) in [6.07, 6.45) is 0. The molecule has 1 saturated heterocycles. The normalized spacial score (nSPS) is 15.2. The lowest BCUT2D eigenvalue weighted by Gasteiger charge is -2.26. The Morgan fingerprint density at radius 2 is 1.55 bits per heavy atom. The summed E-state index contributed by atoms with van der Waals surface area (Å²) in [6, 6.07) is 17.3. The zero-order valence-electron chi connectivity index (χ0n) is 17.3. The van der Waals surface area contributed by atoms with E-state index in [2.05, 4.69) is 4.72 Å². The molecule has 0 aromatic heterocycles. The lowest BCUT2D eigenvalue weighted by atomic mass is 10.3. The molecule has 0 atom stereocenters. The maximum Gasteiger partial charge on any atom is 0.264 e. The highest BCUT2D eigenvalue weighted by atomic mass is 32.2. The monoisotopic (exact) mass is 492 g/mol. The Hall–Kier alpha value is -2.99. The SMILES string of the molecule is O=S(=O)(Nc1cc(S(=O)(=O)N2CCOCC2)ccc1Oc1ccccc1)c1ccccc1F. The van der Waals surface area contributed by atoms with Crippen molar-refractivity contribution in [3.05, 3.63) is 78.6 Å². The van der Waals surface area contributed by atoms with Gasteiger partial charge in [-0.25, -0.2) is 21.2 Å². The van der Waals surface area contributed by atoms with Gasteiger partial charge in [-0.3, -0.25) is 4.72 Å². The molecule has 1 fully saturated rings. The van der Waals surface area contributed by atoms with E-state index in [1.54, 1.807) is 30.3 Å². The standard InChI is InChI=1S/C22H21FN2O6S2/c23-19-8-4-5-9-22(19)32(26,27)24-20-16-18(33(28,29)25-12-14-30-15-13-25)10-11-21(20)31-17-6-2-1-3-7-17/h1-11,16,24H,12-15H2. The Morgan fingerprint density at radius 1 is 0.879 bits per heavy atom. The lowest BCUT2D eigenvalue weighted by molar-refractivity contribution is 0.0730. The molecule has 3 aromatic rings. The molecule has 0 spiro atoms. The van der Waals surface area contributed by atoms with Crippen LogP contribution in [0, 0.1) is 5.82 Å². The third-order valence-corrected chi connectivity index (χ3v) is 8.19. The molecule has 0 aliphatic carbocycles. The minimum Gasteiger partial charge on any atom is -0.455 e. The molecule has 1 N–H and O–H groups in total. The van der Waals surface area contributed by atoms with Crippen molar-refractivity contribution >= 4 is 25.7 Å². The maximum absolute atomic E-state index is 14.2. The molecule has 0 unspecified atom stereocenters. The Bertz CT molecular complexity index is 1340. The van der Waals surface area contributed by atoms with Gasteiger partial charge in [0, 0.05) is 13.1 Å². The molecule has 1 heterocycles. The number of para-hydroxylation sites is 1. The molecule has 11 heteroatoms. The van der Waals surface area contributed by atoms with Gasteiger partial charge in [0.1, 0.15) is 16.5 Å². The predicted octanol–water partition coefficient (Wildman–Crippen LogP) is 3.44. The number of anilines is 1. The van der Waals surface area contributed by atoms with E-state index in [4.69, 9.17) is 9.47 Å². The fraction of sp³-hybridized carbons (Fsp3) is 0.182. The molecular formula is C22H21FN2O6S2. The molecule has 1 aliphatic heterocycles. The number of halogens is 1. The van der Waals surface area contributed by atoms with E-state index < -0.39 is 30.8 Å². The summed E-state index contributed by atoms with van der Waals surface area (Å²) in [5.74, 6) is -0.470. The smallest absolute Gasteiger partial charge is 0.264 e. The highest BCUT2D eigenvalue weighted by molar-refractivity contribution is 7.92. The summed E-state index contributed by atoms with van der Waals surface area (Å²) >= 11 is 0. The average molecular weight is 493 g/mol. The Kier molecular flexibility index (Phi) is 6.66. The molecule has 0 bridgehead atoms. The third-order valence-electron chi connectivity index (χ3n) is 4.90. The van der Waals surface area contributed by atoms with Crippen LogP contribution in [-0.4, -0.2) is 47.4 Å². The van der Waals surface area contributed by atoms with Gasteiger partial charge in [0.05, 0.1) is 23.8 Å². The van der Waals surface area contributed by atoms with Crippen molar-refractivity contribution in [1.82, 2.24) is 4.31 Å². The number of nitrogens with zero attached hydrogens (tertiary/aromatic N) is 1. The maximum atomic E-state index is 14.2. The first-order chi connectivity index (χ1) is 15.8. The first-order valence-electron chi connectivity index (χ1n) is 9.99. The molecule has 8 nitrogen and oxygen atoms in total. The highest BCUT2D eigenvalue weighted by Crippen LogP contribution is 2.34. The van der Waals surface area contributed by atoms with Crippen LogP contribution in [0.2, 0.25) is 0 Å². The van der Waals surface area contributed by atoms with Gasteiger partial charge in [0.2, 0.25) is 10.0 Å². The number of rotatable bonds is 7. The number of ether oxygens (including phenoxy) is 2. The van der Waals surface area contributed by atoms with Crippen LogP contribution in [0.3, 0.4) is 0 Å². The zero-order chi connectivity index (χ0) is 23.5. The topological polar surface area (TPSA) is 102 Å². The molecule has 174 valence electrons. The van der Waals surface area contributed by atoms with E-state index in [9.17, 15) is 21.2 Å². The van der Waals surface area contributed by atoms with Gasteiger partial charge in [-0.2, -0.15) is 4.31 Å². The van der Waals surface area contributed by atoms with Gasteiger partial charge < -0.3 is 9.47 Å². The van der Waals surface area contributed by atoms with E-state index in [-0.39, 0.29) is 42.6 Å². The number of morpholine rings is 1. The lowest BCUT2D eigenvalue weighted by Crippen LogP contribution is -2.40. The molecule has 3 aromatic carbocycles. The van der Waals surface area contributed by atoms with E-state index in [1.165, 1.54) is 34.6 Å². The van der Waals surface area contributed by atoms with Crippen molar-refractivity contribution in [2.24, 2.45) is 0 Å². The van der Waals surface area contributed by atoms with E-state index >= 15 is 0 Å². The number of benzene rings is 3. The number of sulfonamides is 2. The quantitative estimate of drug-likeness (QED) is 0.542. The van der Waals surface area contributed by atoms with Crippen LogP contribution in [0.25, 0.3) is 0 Å². The van der Waals surface area contributed by atoms with Gasteiger partial charge in [0.25, 0.3) is 10.0 Å². The highest BCUT2D eigenvalue weighted by Gasteiger charge is 2.28. The predicted molar refractivity (Wildman–Crippen MR) is 120 cm³/mol. The summed E-state index contributed by atoms with van der Waals surface area (Å²) in [6.45, 7) is 0.893.